The third-order valence-corrected chi connectivity index (χ3v) is 5.95. The van der Waals surface area contributed by atoms with Gasteiger partial charge >= 0.3 is 5.97 Å². The molecule has 6 nitrogen and oxygen atoms in total. The normalized spacial score (nSPS) is 17.0. The quantitative estimate of drug-likeness (QED) is 0.631. The fourth-order valence-corrected chi connectivity index (χ4v) is 4.78. The van der Waals surface area contributed by atoms with Crippen LogP contribution in [-0.4, -0.2) is 17.1 Å². The number of hydrogen-bond acceptors (Lipinski definition) is 7. The van der Waals surface area contributed by atoms with Crippen LogP contribution < -0.4 is 14.9 Å². The molecular weight excluding hydrogens is 384 g/mol. The van der Waals surface area contributed by atoms with Gasteiger partial charge in [-0.3, -0.25) is 9.36 Å². The van der Waals surface area contributed by atoms with Gasteiger partial charge in [0.1, 0.15) is 11.8 Å². The van der Waals surface area contributed by atoms with Gasteiger partial charge in [-0.15, -0.1) is 11.3 Å². The Morgan fingerprint density at radius 3 is 2.93 bits per heavy atom. The molecule has 0 bridgehead atoms. The predicted molar refractivity (Wildman–Crippen MR) is 103 cm³/mol. The number of furan rings is 1. The monoisotopic (exact) mass is 400 g/mol. The number of fused-ring (bicyclic) bond motifs is 1. The minimum absolute atomic E-state index is 0.206. The highest BCUT2D eigenvalue weighted by Gasteiger charge is 2.34. The van der Waals surface area contributed by atoms with Gasteiger partial charge in [0.25, 0.3) is 5.56 Å². The van der Waals surface area contributed by atoms with Crippen molar-refractivity contribution in [1.29, 1.82) is 0 Å². The van der Waals surface area contributed by atoms with E-state index in [1.54, 1.807) is 37.3 Å². The molecule has 0 radical (unpaired) electrons. The maximum Gasteiger partial charge on any atom is 0.338 e. The standard InChI is InChI=1S/C19H16N2O4S2/c1-3-24-18(23)15-11(2)20-19-21(16(15)13-7-4-8-25-13)17(22)14(27-19)10-12-6-5-9-26-12/h4-10,16H,3H2,1-2H3/b14-10+/t16-/m1/s1. The molecule has 0 amide bonds. The van der Waals surface area contributed by atoms with Crippen molar-refractivity contribution in [2.75, 3.05) is 6.61 Å². The number of thiazole rings is 1. The van der Waals surface area contributed by atoms with E-state index in [9.17, 15) is 9.59 Å². The van der Waals surface area contributed by atoms with Crippen molar-refractivity contribution in [3.05, 3.63) is 77.5 Å². The summed E-state index contributed by atoms with van der Waals surface area (Å²) in [7, 11) is 0. The lowest BCUT2D eigenvalue weighted by Gasteiger charge is -2.22. The Morgan fingerprint density at radius 2 is 2.26 bits per heavy atom. The van der Waals surface area contributed by atoms with Crippen molar-refractivity contribution < 1.29 is 13.9 Å². The molecule has 1 atom stereocenters. The van der Waals surface area contributed by atoms with E-state index in [0.717, 1.165) is 4.88 Å². The molecule has 0 fully saturated rings. The van der Waals surface area contributed by atoms with Gasteiger partial charge in [0.15, 0.2) is 4.80 Å². The van der Waals surface area contributed by atoms with E-state index in [0.29, 0.717) is 26.4 Å². The number of esters is 1. The van der Waals surface area contributed by atoms with Crippen molar-refractivity contribution in [2.45, 2.75) is 19.9 Å². The molecule has 138 valence electrons. The van der Waals surface area contributed by atoms with Crippen molar-refractivity contribution in [2.24, 2.45) is 4.99 Å². The fourth-order valence-electron chi connectivity index (χ4n) is 3.01. The maximum absolute atomic E-state index is 13.1. The summed E-state index contributed by atoms with van der Waals surface area (Å²) in [4.78, 5) is 31.8. The SMILES string of the molecule is CCOC(=O)C1=C(C)N=c2s/c(=C/c3cccs3)c(=O)n2[C@@H]1c1ccco1. The van der Waals surface area contributed by atoms with Gasteiger partial charge in [0.2, 0.25) is 0 Å². The van der Waals surface area contributed by atoms with Crippen LogP contribution in [0.25, 0.3) is 6.08 Å². The third kappa shape index (κ3) is 3.11. The number of ether oxygens (including phenoxy) is 1. The molecule has 0 spiro atoms. The zero-order valence-corrected chi connectivity index (χ0v) is 16.3. The van der Waals surface area contributed by atoms with Crippen LogP contribution in [0.2, 0.25) is 0 Å². The first-order valence-corrected chi connectivity index (χ1v) is 10.1. The van der Waals surface area contributed by atoms with E-state index < -0.39 is 12.0 Å². The fraction of sp³-hybridized carbons (Fsp3) is 0.211. The zero-order chi connectivity index (χ0) is 19.0. The number of aromatic nitrogens is 1. The lowest BCUT2D eigenvalue weighted by Crippen LogP contribution is -2.39. The highest BCUT2D eigenvalue weighted by molar-refractivity contribution is 7.11. The van der Waals surface area contributed by atoms with Gasteiger partial charge in [0.05, 0.1) is 28.7 Å². The van der Waals surface area contributed by atoms with Crippen molar-refractivity contribution in [3.8, 4) is 0 Å². The lowest BCUT2D eigenvalue weighted by molar-refractivity contribution is -0.139. The van der Waals surface area contributed by atoms with E-state index in [-0.39, 0.29) is 12.2 Å². The van der Waals surface area contributed by atoms with Gasteiger partial charge in [-0.05, 0) is 43.5 Å². The minimum Gasteiger partial charge on any atom is -0.467 e. The van der Waals surface area contributed by atoms with Crippen LogP contribution in [-0.2, 0) is 9.53 Å². The van der Waals surface area contributed by atoms with Crippen LogP contribution in [0.5, 0.6) is 0 Å². The Balaban J connectivity index is 1.96. The average molecular weight is 400 g/mol. The Labute approximate surface area is 162 Å². The van der Waals surface area contributed by atoms with E-state index in [1.165, 1.54) is 22.2 Å². The summed E-state index contributed by atoms with van der Waals surface area (Å²) < 4.78 is 12.8. The number of hydrogen-bond donors (Lipinski definition) is 0. The number of nitrogens with zero attached hydrogens (tertiary/aromatic N) is 2. The molecule has 1 aliphatic heterocycles. The Hall–Kier alpha value is -2.71. The van der Waals surface area contributed by atoms with Crippen molar-refractivity contribution in [1.82, 2.24) is 4.57 Å². The predicted octanol–water partition coefficient (Wildman–Crippen LogP) is 2.45. The molecule has 0 N–H and O–H groups in total. The summed E-state index contributed by atoms with van der Waals surface area (Å²) in [5.74, 6) is 0.00353. The van der Waals surface area contributed by atoms with E-state index in [1.807, 2.05) is 23.6 Å². The van der Waals surface area contributed by atoms with Gasteiger partial charge in [-0.25, -0.2) is 9.79 Å². The molecular formula is C19H16N2O4S2. The van der Waals surface area contributed by atoms with Crippen molar-refractivity contribution >= 4 is 34.7 Å². The molecule has 8 heteroatoms. The molecule has 4 rings (SSSR count). The first kappa shape index (κ1) is 17.7. The van der Waals surface area contributed by atoms with Crippen LogP contribution in [0.4, 0.5) is 0 Å². The second-order valence-corrected chi connectivity index (χ2v) is 7.82. The summed E-state index contributed by atoms with van der Waals surface area (Å²) in [5, 5.41) is 1.96. The average Bonchev–Trinajstić information content (AvgIpc) is 3.38. The number of carbonyl (C=O) groups is 1. The summed E-state index contributed by atoms with van der Waals surface area (Å²) in [5.41, 5.74) is 0.642. The van der Waals surface area contributed by atoms with Gasteiger partial charge in [0, 0.05) is 4.88 Å². The Morgan fingerprint density at radius 1 is 1.41 bits per heavy atom. The van der Waals surface area contributed by atoms with Crippen molar-refractivity contribution in [3.63, 3.8) is 0 Å². The molecule has 0 saturated heterocycles. The van der Waals surface area contributed by atoms with Crippen LogP contribution in [0, 0.1) is 0 Å². The molecule has 0 saturated carbocycles. The summed E-state index contributed by atoms with van der Waals surface area (Å²) in [6.07, 6.45) is 3.37. The zero-order valence-electron chi connectivity index (χ0n) is 14.7. The molecule has 1 aliphatic rings. The molecule has 0 aromatic carbocycles. The van der Waals surface area contributed by atoms with Gasteiger partial charge < -0.3 is 9.15 Å². The number of carbonyl (C=O) groups excluding carboxylic acids is 1. The smallest absolute Gasteiger partial charge is 0.338 e. The largest absolute Gasteiger partial charge is 0.467 e. The van der Waals surface area contributed by atoms with E-state index in [2.05, 4.69) is 4.99 Å². The van der Waals surface area contributed by atoms with Crippen LogP contribution >= 0.6 is 22.7 Å². The summed E-state index contributed by atoms with van der Waals surface area (Å²) in [6.45, 7) is 3.73. The molecule has 4 heterocycles. The topological polar surface area (TPSA) is 73.8 Å². The second-order valence-electron chi connectivity index (χ2n) is 5.83. The molecule has 27 heavy (non-hydrogen) atoms. The Kier molecular flexibility index (Phi) is 4.67. The highest BCUT2D eigenvalue weighted by atomic mass is 32.1. The third-order valence-electron chi connectivity index (χ3n) is 4.15. The van der Waals surface area contributed by atoms with Crippen LogP contribution in [0.1, 0.15) is 30.5 Å². The van der Waals surface area contributed by atoms with Gasteiger partial charge in [-0.2, -0.15) is 0 Å². The summed E-state index contributed by atoms with van der Waals surface area (Å²) in [6, 6.07) is 6.67. The number of allylic oxidation sites excluding steroid dienone is 1. The molecule has 3 aromatic rings. The van der Waals surface area contributed by atoms with Gasteiger partial charge in [-0.1, -0.05) is 17.4 Å². The molecule has 0 aliphatic carbocycles. The minimum atomic E-state index is -0.694. The summed E-state index contributed by atoms with van der Waals surface area (Å²) >= 11 is 2.85. The number of thiophene rings is 1. The molecule has 0 unspecified atom stereocenters. The second kappa shape index (κ2) is 7.13. The number of rotatable bonds is 4. The van der Waals surface area contributed by atoms with Crippen LogP contribution in [0.15, 0.2) is 61.4 Å². The van der Waals surface area contributed by atoms with E-state index in [4.69, 9.17) is 9.15 Å². The van der Waals surface area contributed by atoms with E-state index >= 15 is 0 Å². The highest BCUT2D eigenvalue weighted by Crippen LogP contribution is 2.30. The first-order valence-electron chi connectivity index (χ1n) is 8.36. The maximum atomic E-state index is 13.1. The molecule has 3 aromatic heterocycles. The van der Waals surface area contributed by atoms with Crippen LogP contribution in [0.3, 0.4) is 0 Å². The lowest BCUT2D eigenvalue weighted by atomic mass is 10.0. The first-order chi connectivity index (χ1) is 13.1. The Bertz CT molecular complexity index is 1180.